The van der Waals surface area contributed by atoms with E-state index >= 15 is 0 Å². The average Bonchev–Trinajstić information content (AvgIpc) is 3.34. The van der Waals surface area contributed by atoms with E-state index in [-0.39, 0.29) is 5.41 Å². The maximum atomic E-state index is 6.07. The minimum Gasteiger partial charge on any atom is -0.487 e. The van der Waals surface area contributed by atoms with Crippen molar-refractivity contribution in [3.8, 4) is 17.3 Å². The van der Waals surface area contributed by atoms with Crippen LogP contribution in [0.3, 0.4) is 0 Å². The number of pyridine rings is 2. The fourth-order valence-corrected chi connectivity index (χ4v) is 2.66. The van der Waals surface area contributed by atoms with E-state index in [0.29, 0.717) is 29.9 Å². The quantitative estimate of drug-likeness (QED) is 0.684. The van der Waals surface area contributed by atoms with Crippen LogP contribution in [0.25, 0.3) is 11.5 Å². The van der Waals surface area contributed by atoms with Gasteiger partial charge in [-0.05, 0) is 30.9 Å². The number of rotatable bonds is 5. The molecule has 1 fully saturated rings. The molecular weight excluding hydrogens is 328 g/mol. The third-order valence-corrected chi connectivity index (χ3v) is 4.31. The third kappa shape index (κ3) is 3.59. The minimum absolute atomic E-state index is 0.197. The highest BCUT2D eigenvalue weighted by Crippen LogP contribution is 2.44. The zero-order chi connectivity index (χ0) is 18.1. The molecule has 3 aromatic rings. The van der Waals surface area contributed by atoms with Crippen molar-refractivity contribution >= 4 is 0 Å². The Morgan fingerprint density at radius 2 is 2.04 bits per heavy atom. The van der Waals surface area contributed by atoms with Crippen molar-refractivity contribution in [3.63, 3.8) is 0 Å². The summed E-state index contributed by atoms with van der Waals surface area (Å²) in [6, 6.07) is 7.72. The molecule has 0 bridgehead atoms. The van der Waals surface area contributed by atoms with Gasteiger partial charge in [0.1, 0.15) is 18.1 Å². The minimum atomic E-state index is -0.197. The highest BCUT2D eigenvalue weighted by molar-refractivity contribution is 5.54. The SMILES string of the molecule is CC(C)(C)c1nc(-c2cc(OCc3ccccn3)c(C3CC3)cn2)no1. The second kappa shape index (κ2) is 6.52. The van der Waals surface area contributed by atoms with Crippen LogP contribution < -0.4 is 4.74 Å². The molecule has 4 rings (SSSR count). The molecule has 134 valence electrons. The molecule has 0 saturated heterocycles. The van der Waals surface area contributed by atoms with Gasteiger partial charge in [0.05, 0.1) is 5.69 Å². The fraction of sp³-hybridized carbons (Fsp3) is 0.400. The number of hydrogen-bond acceptors (Lipinski definition) is 6. The molecule has 0 aromatic carbocycles. The second-order valence-corrected chi connectivity index (χ2v) is 7.66. The van der Waals surface area contributed by atoms with Gasteiger partial charge in [-0.3, -0.25) is 9.97 Å². The van der Waals surface area contributed by atoms with Crippen molar-refractivity contribution in [2.75, 3.05) is 0 Å². The molecular formula is C20H22N4O2. The lowest BCUT2D eigenvalue weighted by Crippen LogP contribution is -2.11. The molecule has 0 amide bonds. The predicted octanol–water partition coefficient (Wildman–Crippen LogP) is 4.28. The Labute approximate surface area is 152 Å². The third-order valence-electron chi connectivity index (χ3n) is 4.31. The van der Waals surface area contributed by atoms with Crippen LogP contribution in [0.5, 0.6) is 5.75 Å². The van der Waals surface area contributed by atoms with Gasteiger partial charge >= 0.3 is 0 Å². The Morgan fingerprint density at radius 1 is 1.19 bits per heavy atom. The summed E-state index contributed by atoms with van der Waals surface area (Å²) in [6.07, 6.45) is 6.01. The highest BCUT2D eigenvalue weighted by atomic mass is 16.5. The fourth-order valence-electron chi connectivity index (χ4n) is 2.66. The Kier molecular flexibility index (Phi) is 4.18. The summed E-state index contributed by atoms with van der Waals surface area (Å²) in [7, 11) is 0. The van der Waals surface area contributed by atoms with Crippen LogP contribution in [-0.4, -0.2) is 20.1 Å². The van der Waals surface area contributed by atoms with Crippen LogP contribution in [0.4, 0.5) is 0 Å². The van der Waals surface area contributed by atoms with Crippen molar-refractivity contribution in [3.05, 3.63) is 53.8 Å². The summed E-state index contributed by atoms with van der Waals surface area (Å²) in [5.74, 6) is 2.44. The molecule has 3 heterocycles. The first-order valence-electron chi connectivity index (χ1n) is 8.88. The van der Waals surface area contributed by atoms with E-state index in [0.717, 1.165) is 17.0 Å². The summed E-state index contributed by atoms with van der Waals surface area (Å²) >= 11 is 0. The first-order chi connectivity index (χ1) is 12.5. The first kappa shape index (κ1) is 16.7. The maximum Gasteiger partial charge on any atom is 0.232 e. The lowest BCUT2D eigenvalue weighted by Gasteiger charge is -2.11. The van der Waals surface area contributed by atoms with Crippen molar-refractivity contribution in [2.24, 2.45) is 0 Å². The predicted molar refractivity (Wildman–Crippen MR) is 96.8 cm³/mol. The number of ether oxygens (including phenoxy) is 1. The second-order valence-electron chi connectivity index (χ2n) is 7.66. The molecule has 0 spiro atoms. The van der Waals surface area contributed by atoms with Gasteiger partial charge < -0.3 is 9.26 Å². The van der Waals surface area contributed by atoms with E-state index in [4.69, 9.17) is 9.26 Å². The van der Waals surface area contributed by atoms with Crippen LogP contribution in [0, 0.1) is 0 Å². The monoisotopic (exact) mass is 350 g/mol. The summed E-state index contributed by atoms with van der Waals surface area (Å²) in [6.45, 7) is 6.53. The smallest absolute Gasteiger partial charge is 0.232 e. The molecule has 1 aliphatic carbocycles. The number of aromatic nitrogens is 4. The maximum absolute atomic E-state index is 6.07. The normalized spacial score (nSPS) is 14.4. The number of nitrogens with zero attached hydrogens (tertiary/aromatic N) is 4. The molecule has 0 radical (unpaired) electrons. The lowest BCUT2D eigenvalue weighted by molar-refractivity contribution is 0.298. The van der Waals surface area contributed by atoms with E-state index in [9.17, 15) is 0 Å². The summed E-state index contributed by atoms with van der Waals surface area (Å²) in [4.78, 5) is 13.3. The Hall–Kier alpha value is -2.76. The lowest BCUT2D eigenvalue weighted by atomic mass is 9.97. The molecule has 0 N–H and O–H groups in total. The van der Waals surface area contributed by atoms with Crippen LogP contribution in [0.2, 0.25) is 0 Å². The van der Waals surface area contributed by atoms with Crippen molar-refractivity contribution < 1.29 is 9.26 Å². The molecule has 26 heavy (non-hydrogen) atoms. The molecule has 6 nitrogen and oxygen atoms in total. The van der Waals surface area contributed by atoms with Crippen molar-refractivity contribution in [1.82, 2.24) is 20.1 Å². The van der Waals surface area contributed by atoms with E-state index in [1.165, 1.54) is 12.8 Å². The van der Waals surface area contributed by atoms with Gasteiger partial charge in [-0.25, -0.2) is 0 Å². The summed E-state index contributed by atoms with van der Waals surface area (Å²) in [5, 5.41) is 4.09. The van der Waals surface area contributed by atoms with Gasteiger partial charge in [-0.1, -0.05) is 32.0 Å². The van der Waals surface area contributed by atoms with Gasteiger partial charge in [0.15, 0.2) is 0 Å². The Morgan fingerprint density at radius 3 is 2.69 bits per heavy atom. The average molecular weight is 350 g/mol. The van der Waals surface area contributed by atoms with Crippen LogP contribution in [0.1, 0.15) is 56.7 Å². The largest absolute Gasteiger partial charge is 0.487 e. The van der Waals surface area contributed by atoms with Crippen LogP contribution in [-0.2, 0) is 12.0 Å². The summed E-state index contributed by atoms with van der Waals surface area (Å²) in [5.41, 5.74) is 2.49. The number of hydrogen-bond donors (Lipinski definition) is 0. The van der Waals surface area contributed by atoms with Crippen molar-refractivity contribution in [2.45, 2.75) is 51.6 Å². The molecule has 3 aromatic heterocycles. The van der Waals surface area contributed by atoms with Gasteiger partial charge in [-0.15, -0.1) is 0 Å². The molecule has 0 unspecified atom stereocenters. The molecule has 6 heteroatoms. The van der Waals surface area contributed by atoms with E-state index < -0.39 is 0 Å². The van der Waals surface area contributed by atoms with Gasteiger partial charge in [-0.2, -0.15) is 4.98 Å². The van der Waals surface area contributed by atoms with E-state index in [1.807, 2.05) is 51.2 Å². The zero-order valence-electron chi connectivity index (χ0n) is 15.3. The van der Waals surface area contributed by atoms with E-state index in [2.05, 4.69) is 20.1 Å². The molecule has 0 atom stereocenters. The standard InChI is InChI=1S/C20H22N4O2/c1-20(2,3)19-23-18(24-26-19)16-10-17(15(11-22-16)13-7-8-13)25-12-14-6-4-5-9-21-14/h4-6,9-11,13H,7-8,12H2,1-3H3. The Bertz CT molecular complexity index is 896. The zero-order valence-corrected chi connectivity index (χ0v) is 15.3. The molecule has 1 saturated carbocycles. The van der Waals surface area contributed by atoms with Crippen molar-refractivity contribution in [1.29, 1.82) is 0 Å². The Balaban J connectivity index is 1.61. The van der Waals surface area contributed by atoms with Gasteiger partial charge in [0.25, 0.3) is 0 Å². The van der Waals surface area contributed by atoms with Gasteiger partial charge in [0.2, 0.25) is 11.7 Å². The van der Waals surface area contributed by atoms with Crippen LogP contribution in [0.15, 0.2) is 41.2 Å². The highest BCUT2D eigenvalue weighted by Gasteiger charge is 2.28. The molecule has 1 aliphatic rings. The van der Waals surface area contributed by atoms with Crippen LogP contribution >= 0.6 is 0 Å². The molecule has 0 aliphatic heterocycles. The van der Waals surface area contributed by atoms with E-state index in [1.54, 1.807) is 6.20 Å². The van der Waals surface area contributed by atoms with Gasteiger partial charge in [0, 0.05) is 29.4 Å². The summed E-state index contributed by atoms with van der Waals surface area (Å²) < 4.78 is 11.5. The first-order valence-corrected chi connectivity index (χ1v) is 8.88. The topological polar surface area (TPSA) is 73.9 Å².